The van der Waals surface area contributed by atoms with Crippen LogP contribution in [0, 0.1) is 13.8 Å². The number of nitrogens with one attached hydrogen (secondary N) is 1. The summed E-state index contributed by atoms with van der Waals surface area (Å²) in [6.07, 6.45) is 8.15. The summed E-state index contributed by atoms with van der Waals surface area (Å²) in [4.78, 5) is 13.4. The van der Waals surface area contributed by atoms with Crippen LogP contribution in [0.4, 0.5) is 10.9 Å². The van der Waals surface area contributed by atoms with Crippen LogP contribution >= 0.6 is 11.3 Å². The van der Waals surface area contributed by atoms with Gasteiger partial charge in [0.25, 0.3) is 0 Å². The van der Waals surface area contributed by atoms with Crippen molar-refractivity contribution >= 4 is 22.3 Å². The van der Waals surface area contributed by atoms with E-state index >= 15 is 0 Å². The second kappa shape index (κ2) is 7.42. The van der Waals surface area contributed by atoms with Crippen molar-refractivity contribution < 1.29 is 0 Å². The first-order chi connectivity index (χ1) is 12.2. The normalized spacial score (nSPS) is 20.2. The van der Waals surface area contributed by atoms with E-state index in [9.17, 15) is 0 Å². The third kappa shape index (κ3) is 3.87. The molecule has 2 fully saturated rings. The first kappa shape index (κ1) is 17.0. The summed E-state index contributed by atoms with van der Waals surface area (Å²) in [5.41, 5.74) is 2.34. The minimum Gasteiger partial charge on any atom is -0.316 e. The molecule has 2 aliphatic rings. The van der Waals surface area contributed by atoms with E-state index in [0.717, 1.165) is 22.7 Å². The number of hydrogen-bond donors (Lipinski definition) is 1. The highest BCUT2D eigenvalue weighted by atomic mass is 32.1. The van der Waals surface area contributed by atoms with Gasteiger partial charge in [-0.15, -0.1) is 11.3 Å². The Labute approximate surface area is 154 Å². The van der Waals surface area contributed by atoms with Crippen molar-refractivity contribution in [2.75, 3.05) is 18.4 Å². The average Bonchev–Trinajstić information content (AvgIpc) is 3.26. The largest absolute Gasteiger partial charge is 0.316 e. The zero-order valence-corrected chi connectivity index (χ0v) is 16.1. The van der Waals surface area contributed by atoms with E-state index in [1.807, 2.05) is 6.07 Å². The molecule has 1 aliphatic heterocycles. The van der Waals surface area contributed by atoms with Crippen molar-refractivity contribution in [3.63, 3.8) is 0 Å². The number of piperidine rings is 1. The third-order valence-electron chi connectivity index (χ3n) is 5.82. The van der Waals surface area contributed by atoms with E-state index in [2.05, 4.69) is 41.2 Å². The van der Waals surface area contributed by atoms with Crippen LogP contribution in [-0.4, -0.2) is 34.0 Å². The molecule has 4 nitrogen and oxygen atoms in total. The summed E-state index contributed by atoms with van der Waals surface area (Å²) < 4.78 is 0. The van der Waals surface area contributed by atoms with Crippen molar-refractivity contribution in [2.24, 2.45) is 0 Å². The van der Waals surface area contributed by atoms with Gasteiger partial charge < -0.3 is 10.2 Å². The lowest BCUT2D eigenvalue weighted by Crippen LogP contribution is -2.39. The van der Waals surface area contributed by atoms with Gasteiger partial charge in [0.2, 0.25) is 0 Å². The molecule has 5 heteroatoms. The van der Waals surface area contributed by atoms with Crippen LogP contribution in [0.15, 0.2) is 18.2 Å². The molecule has 0 aromatic carbocycles. The van der Waals surface area contributed by atoms with Gasteiger partial charge in [0, 0.05) is 22.5 Å². The van der Waals surface area contributed by atoms with Crippen LogP contribution in [0.3, 0.4) is 0 Å². The Morgan fingerprint density at radius 2 is 1.80 bits per heavy atom. The highest BCUT2D eigenvalue weighted by Gasteiger charge is 2.28. The Morgan fingerprint density at radius 1 is 1.04 bits per heavy atom. The Hall–Kier alpha value is -1.46. The van der Waals surface area contributed by atoms with E-state index in [4.69, 9.17) is 4.98 Å². The molecule has 1 aliphatic carbocycles. The first-order valence-electron chi connectivity index (χ1n) is 9.61. The van der Waals surface area contributed by atoms with E-state index < -0.39 is 0 Å². The van der Waals surface area contributed by atoms with Gasteiger partial charge in [0.1, 0.15) is 5.82 Å². The van der Waals surface area contributed by atoms with Crippen molar-refractivity contribution in [1.29, 1.82) is 0 Å². The van der Waals surface area contributed by atoms with Gasteiger partial charge >= 0.3 is 0 Å². The summed E-state index contributed by atoms with van der Waals surface area (Å²) >= 11 is 1.70. The van der Waals surface area contributed by atoms with Crippen LogP contribution in [0.5, 0.6) is 0 Å². The number of anilines is 2. The fourth-order valence-electron chi connectivity index (χ4n) is 4.21. The molecule has 25 heavy (non-hydrogen) atoms. The van der Waals surface area contributed by atoms with Crippen molar-refractivity contribution in [3.05, 3.63) is 34.5 Å². The average molecular weight is 357 g/mol. The second-order valence-electron chi connectivity index (χ2n) is 7.48. The quantitative estimate of drug-likeness (QED) is 0.835. The Kier molecular flexibility index (Phi) is 5.04. The summed E-state index contributed by atoms with van der Waals surface area (Å²) in [5.74, 6) is 1.52. The SMILES string of the molecule is Cc1nc(Nc2cccc(C3CCN(C4CCCC4)CC3)n2)sc1C. The second-order valence-corrected chi connectivity index (χ2v) is 8.69. The summed E-state index contributed by atoms with van der Waals surface area (Å²) in [7, 11) is 0. The zero-order chi connectivity index (χ0) is 17.2. The van der Waals surface area contributed by atoms with E-state index in [1.165, 1.54) is 62.2 Å². The lowest BCUT2D eigenvalue weighted by Gasteiger charge is -2.35. The number of hydrogen-bond acceptors (Lipinski definition) is 5. The van der Waals surface area contributed by atoms with Gasteiger partial charge in [-0.1, -0.05) is 18.9 Å². The predicted molar refractivity (Wildman–Crippen MR) is 105 cm³/mol. The number of pyridine rings is 1. The van der Waals surface area contributed by atoms with Crippen LogP contribution < -0.4 is 5.32 Å². The Bertz CT molecular complexity index is 693. The van der Waals surface area contributed by atoms with Crippen LogP contribution in [0.2, 0.25) is 0 Å². The standard InChI is InChI=1S/C20H28N4S/c1-14-15(2)25-20(21-14)23-19-9-5-8-18(22-19)16-10-12-24(13-11-16)17-6-3-4-7-17/h5,8-9,16-17H,3-4,6-7,10-13H2,1-2H3,(H,21,22,23). The maximum absolute atomic E-state index is 4.89. The topological polar surface area (TPSA) is 41.1 Å². The number of likely N-dealkylation sites (tertiary alicyclic amines) is 1. The lowest BCUT2D eigenvalue weighted by molar-refractivity contribution is 0.153. The summed E-state index contributed by atoms with van der Waals surface area (Å²) in [6, 6.07) is 7.22. The molecule has 134 valence electrons. The molecule has 1 saturated carbocycles. The zero-order valence-electron chi connectivity index (χ0n) is 15.3. The fraction of sp³-hybridized carbons (Fsp3) is 0.600. The van der Waals surface area contributed by atoms with Gasteiger partial charge in [-0.05, 0) is 64.8 Å². The van der Waals surface area contributed by atoms with E-state index in [0.29, 0.717) is 5.92 Å². The molecule has 0 bridgehead atoms. The molecule has 0 radical (unpaired) electrons. The van der Waals surface area contributed by atoms with E-state index in [1.54, 1.807) is 11.3 Å². The molecule has 3 heterocycles. The van der Waals surface area contributed by atoms with Crippen LogP contribution in [0.1, 0.15) is 60.7 Å². The molecule has 1 N–H and O–H groups in total. The lowest BCUT2D eigenvalue weighted by atomic mass is 9.92. The third-order valence-corrected chi connectivity index (χ3v) is 6.81. The van der Waals surface area contributed by atoms with Crippen molar-refractivity contribution in [1.82, 2.24) is 14.9 Å². The fourth-order valence-corrected chi connectivity index (χ4v) is 5.04. The number of nitrogens with zero attached hydrogens (tertiary/aromatic N) is 3. The van der Waals surface area contributed by atoms with Crippen LogP contribution in [0.25, 0.3) is 0 Å². The van der Waals surface area contributed by atoms with Crippen molar-refractivity contribution in [2.45, 2.75) is 64.3 Å². The van der Waals surface area contributed by atoms with Gasteiger partial charge in [-0.2, -0.15) is 0 Å². The van der Waals surface area contributed by atoms with E-state index in [-0.39, 0.29) is 0 Å². The highest BCUT2D eigenvalue weighted by Crippen LogP contribution is 2.32. The molecule has 2 aromatic rings. The molecule has 2 aromatic heterocycles. The maximum Gasteiger partial charge on any atom is 0.188 e. The minimum absolute atomic E-state index is 0.596. The van der Waals surface area contributed by atoms with Crippen molar-refractivity contribution in [3.8, 4) is 0 Å². The minimum atomic E-state index is 0.596. The van der Waals surface area contributed by atoms with Crippen LogP contribution in [-0.2, 0) is 0 Å². The Morgan fingerprint density at radius 3 is 2.48 bits per heavy atom. The maximum atomic E-state index is 4.89. The summed E-state index contributed by atoms with van der Waals surface area (Å²) in [5, 5.41) is 4.32. The molecule has 0 unspecified atom stereocenters. The molecule has 0 atom stereocenters. The highest BCUT2D eigenvalue weighted by molar-refractivity contribution is 7.15. The molecule has 1 saturated heterocycles. The number of thiazole rings is 1. The predicted octanol–water partition coefficient (Wildman–Crippen LogP) is 5.02. The Balaban J connectivity index is 1.39. The molecular formula is C20H28N4S. The van der Waals surface area contributed by atoms with Gasteiger partial charge in [0.05, 0.1) is 5.69 Å². The number of aromatic nitrogens is 2. The smallest absolute Gasteiger partial charge is 0.188 e. The first-order valence-corrected chi connectivity index (χ1v) is 10.4. The molecule has 0 amide bonds. The molecule has 4 rings (SSSR count). The summed E-state index contributed by atoms with van der Waals surface area (Å²) in [6.45, 7) is 6.64. The molecule has 0 spiro atoms. The number of aryl methyl sites for hydroxylation is 2. The van der Waals surface area contributed by atoms with Gasteiger partial charge in [-0.25, -0.2) is 9.97 Å². The van der Waals surface area contributed by atoms with Gasteiger partial charge in [0.15, 0.2) is 5.13 Å². The number of rotatable bonds is 4. The molecular weight excluding hydrogens is 328 g/mol. The monoisotopic (exact) mass is 356 g/mol. The van der Waals surface area contributed by atoms with Gasteiger partial charge in [-0.3, -0.25) is 0 Å².